The van der Waals surface area contributed by atoms with E-state index in [9.17, 15) is 8.42 Å². The monoisotopic (exact) mass is 161 g/mol. The van der Waals surface area contributed by atoms with E-state index >= 15 is 0 Å². The Kier molecular flexibility index (Phi) is 1.29. The van der Waals surface area contributed by atoms with Crippen LogP contribution in [-0.2, 0) is 9.84 Å². The number of nitrogens with one attached hydrogen (secondary N) is 1. The van der Waals surface area contributed by atoms with Gasteiger partial charge in [-0.15, -0.1) is 0 Å². The fourth-order valence-corrected chi connectivity index (χ4v) is 4.12. The van der Waals surface area contributed by atoms with E-state index in [1.807, 2.05) is 0 Å². The van der Waals surface area contributed by atoms with Crippen molar-refractivity contribution in [3.8, 4) is 0 Å². The second kappa shape index (κ2) is 1.95. The largest absolute Gasteiger partial charge is 0.316 e. The highest BCUT2D eigenvalue weighted by molar-refractivity contribution is 7.91. The molecule has 58 valence electrons. The van der Waals surface area contributed by atoms with Crippen molar-refractivity contribution in [2.75, 3.05) is 24.6 Å². The molecule has 0 aromatic rings. The Bertz CT molecular complexity index is 216. The highest BCUT2D eigenvalue weighted by Gasteiger charge is 2.40. The Balaban J connectivity index is 2.21. The highest BCUT2D eigenvalue weighted by atomic mass is 32.2. The Hall–Kier alpha value is -0.0900. The van der Waals surface area contributed by atoms with Gasteiger partial charge in [-0.1, -0.05) is 0 Å². The van der Waals surface area contributed by atoms with E-state index in [0.717, 1.165) is 13.1 Å². The van der Waals surface area contributed by atoms with Crippen LogP contribution < -0.4 is 5.32 Å². The van der Waals surface area contributed by atoms with Crippen LogP contribution in [-0.4, -0.2) is 33.0 Å². The van der Waals surface area contributed by atoms with Crippen molar-refractivity contribution in [3.05, 3.63) is 0 Å². The minimum atomic E-state index is -2.65. The Morgan fingerprint density at radius 1 is 1.10 bits per heavy atom. The lowest BCUT2D eigenvalue weighted by molar-refractivity contribution is 0.533. The van der Waals surface area contributed by atoms with Gasteiger partial charge in [0.25, 0.3) is 0 Å². The normalized spacial score (nSPS) is 43.6. The third-order valence-corrected chi connectivity index (χ3v) is 4.29. The van der Waals surface area contributed by atoms with Crippen LogP contribution >= 0.6 is 0 Å². The topological polar surface area (TPSA) is 46.2 Å². The maximum Gasteiger partial charge on any atom is 0.150 e. The Labute approximate surface area is 60.7 Å². The summed E-state index contributed by atoms with van der Waals surface area (Å²) in [5.74, 6) is 1.69. The standard InChI is InChI=1S/C6H11NO2S/c8-10(9)3-5-1-7-2-6(5)4-10/h5-7H,1-4H2/t5-,6-/m0/s1. The lowest BCUT2D eigenvalue weighted by Gasteiger charge is -2.00. The van der Waals surface area contributed by atoms with Gasteiger partial charge < -0.3 is 5.32 Å². The molecule has 2 fully saturated rings. The molecule has 0 aromatic carbocycles. The summed E-state index contributed by atoms with van der Waals surface area (Å²) in [4.78, 5) is 0. The van der Waals surface area contributed by atoms with Gasteiger partial charge in [-0.2, -0.15) is 0 Å². The van der Waals surface area contributed by atoms with Crippen LogP contribution in [0.3, 0.4) is 0 Å². The van der Waals surface area contributed by atoms with E-state index in [-0.39, 0.29) is 0 Å². The fraction of sp³-hybridized carbons (Fsp3) is 1.00. The molecule has 0 radical (unpaired) electrons. The van der Waals surface area contributed by atoms with Gasteiger partial charge in [0.2, 0.25) is 0 Å². The van der Waals surface area contributed by atoms with Crippen molar-refractivity contribution < 1.29 is 8.42 Å². The van der Waals surface area contributed by atoms with E-state index in [1.165, 1.54) is 0 Å². The SMILES string of the molecule is O=S1(=O)C[C@@H]2CNC[C@H]2C1. The average molecular weight is 161 g/mol. The van der Waals surface area contributed by atoms with Crippen molar-refractivity contribution in [3.63, 3.8) is 0 Å². The summed E-state index contributed by atoms with van der Waals surface area (Å²) in [7, 11) is -2.65. The lowest BCUT2D eigenvalue weighted by atomic mass is 10.0. The quantitative estimate of drug-likeness (QED) is 0.508. The summed E-state index contributed by atoms with van der Waals surface area (Å²) in [6.45, 7) is 1.81. The summed E-state index contributed by atoms with van der Waals surface area (Å²) in [6.07, 6.45) is 0. The number of fused-ring (bicyclic) bond motifs is 1. The Morgan fingerprint density at radius 3 is 2.10 bits per heavy atom. The molecule has 2 aliphatic heterocycles. The molecule has 2 saturated heterocycles. The van der Waals surface area contributed by atoms with Crippen molar-refractivity contribution in [2.24, 2.45) is 11.8 Å². The van der Waals surface area contributed by atoms with Crippen LogP contribution in [0, 0.1) is 11.8 Å². The van der Waals surface area contributed by atoms with Crippen LogP contribution in [0.2, 0.25) is 0 Å². The lowest BCUT2D eigenvalue weighted by Crippen LogP contribution is -2.16. The molecule has 3 nitrogen and oxygen atoms in total. The predicted octanol–water partition coefficient (Wildman–Crippen LogP) is -0.750. The first-order valence-corrected chi connectivity index (χ1v) is 5.41. The molecule has 10 heavy (non-hydrogen) atoms. The molecule has 2 atom stereocenters. The third-order valence-electron chi connectivity index (χ3n) is 2.42. The minimum absolute atomic E-state index is 0.421. The second-order valence-corrected chi connectivity index (χ2v) is 5.41. The van der Waals surface area contributed by atoms with Gasteiger partial charge in [0.15, 0.2) is 9.84 Å². The maximum absolute atomic E-state index is 11.0. The van der Waals surface area contributed by atoms with Gasteiger partial charge in [0, 0.05) is 0 Å². The maximum atomic E-state index is 11.0. The van der Waals surface area contributed by atoms with E-state index < -0.39 is 9.84 Å². The number of hydrogen-bond donors (Lipinski definition) is 1. The molecule has 2 aliphatic rings. The van der Waals surface area contributed by atoms with Gasteiger partial charge in [0.05, 0.1) is 11.5 Å². The first-order chi connectivity index (χ1) is 4.67. The van der Waals surface area contributed by atoms with Gasteiger partial charge >= 0.3 is 0 Å². The van der Waals surface area contributed by atoms with E-state index in [0.29, 0.717) is 23.3 Å². The van der Waals surface area contributed by atoms with Crippen LogP contribution in [0.15, 0.2) is 0 Å². The highest BCUT2D eigenvalue weighted by Crippen LogP contribution is 2.27. The smallest absolute Gasteiger partial charge is 0.150 e. The first kappa shape index (κ1) is 6.61. The number of hydrogen-bond acceptors (Lipinski definition) is 3. The van der Waals surface area contributed by atoms with Crippen LogP contribution in [0.4, 0.5) is 0 Å². The molecule has 0 bridgehead atoms. The zero-order valence-electron chi connectivity index (χ0n) is 5.71. The summed E-state index contributed by atoms with van der Waals surface area (Å²) in [5, 5.41) is 3.20. The van der Waals surface area contributed by atoms with Crippen molar-refractivity contribution >= 4 is 9.84 Å². The van der Waals surface area contributed by atoms with Crippen LogP contribution in [0.25, 0.3) is 0 Å². The molecule has 0 aliphatic carbocycles. The minimum Gasteiger partial charge on any atom is -0.316 e. The van der Waals surface area contributed by atoms with E-state index in [2.05, 4.69) is 5.32 Å². The molecule has 4 heteroatoms. The molecule has 2 rings (SSSR count). The number of sulfone groups is 1. The average Bonchev–Trinajstić information content (AvgIpc) is 2.20. The first-order valence-electron chi connectivity index (χ1n) is 3.58. The summed E-state index contributed by atoms with van der Waals surface area (Å²) < 4.78 is 22.0. The van der Waals surface area contributed by atoms with Crippen LogP contribution in [0.1, 0.15) is 0 Å². The van der Waals surface area contributed by atoms with Crippen molar-refractivity contribution in [1.29, 1.82) is 0 Å². The van der Waals surface area contributed by atoms with Gasteiger partial charge in [-0.05, 0) is 24.9 Å². The summed E-state index contributed by atoms with van der Waals surface area (Å²) >= 11 is 0. The molecule has 0 spiro atoms. The molecular weight excluding hydrogens is 150 g/mol. The van der Waals surface area contributed by atoms with Crippen molar-refractivity contribution in [2.45, 2.75) is 0 Å². The second-order valence-electron chi connectivity index (χ2n) is 3.26. The zero-order chi connectivity index (χ0) is 7.19. The summed E-state index contributed by atoms with van der Waals surface area (Å²) in [5.41, 5.74) is 0. The fourth-order valence-electron chi connectivity index (χ4n) is 1.90. The van der Waals surface area contributed by atoms with E-state index in [4.69, 9.17) is 0 Å². The Morgan fingerprint density at radius 2 is 1.60 bits per heavy atom. The molecule has 0 aromatic heterocycles. The van der Waals surface area contributed by atoms with Gasteiger partial charge in [-0.3, -0.25) is 0 Å². The zero-order valence-corrected chi connectivity index (χ0v) is 6.52. The third kappa shape index (κ3) is 0.953. The summed E-state index contributed by atoms with van der Waals surface area (Å²) in [6, 6.07) is 0. The van der Waals surface area contributed by atoms with Crippen molar-refractivity contribution in [1.82, 2.24) is 5.32 Å². The molecule has 0 saturated carbocycles. The molecular formula is C6H11NO2S. The van der Waals surface area contributed by atoms with Crippen LogP contribution in [0.5, 0.6) is 0 Å². The molecule has 1 N–H and O–H groups in total. The van der Waals surface area contributed by atoms with Gasteiger partial charge in [-0.25, -0.2) is 8.42 Å². The molecule has 0 unspecified atom stereocenters. The molecule has 2 heterocycles. The van der Waals surface area contributed by atoms with Gasteiger partial charge in [0.1, 0.15) is 0 Å². The molecule has 0 amide bonds. The number of rotatable bonds is 0. The predicted molar refractivity (Wildman–Crippen MR) is 38.5 cm³/mol. The van der Waals surface area contributed by atoms with E-state index in [1.54, 1.807) is 0 Å².